The van der Waals surface area contributed by atoms with E-state index >= 15 is 0 Å². The number of carbonyl (C=O) groups is 2. The third-order valence-electron chi connectivity index (χ3n) is 3.31. The largest absolute Gasteiger partial charge is 0.296 e. The van der Waals surface area contributed by atoms with Crippen LogP contribution in [0.1, 0.15) is 31.9 Å². The predicted octanol–water partition coefficient (Wildman–Crippen LogP) is 3.01. The molecule has 0 spiro atoms. The van der Waals surface area contributed by atoms with E-state index in [2.05, 4.69) is 42.2 Å². The van der Waals surface area contributed by atoms with E-state index in [0.29, 0.717) is 6.42 Å². The zero-order chi connectivity index (χ0) is 14.2. The van der Waals surface area contributed by atoms with Crippen LogP contribution in [0.5, 0.6) is 0 Å². The molecule has 6 heteroatoms. The van der Waals surface area contributed by atoms with Gasteiger partial charge in [-0.25, -0.2) is 0 Å². The summed E-state index contributed by atoms with van der Waals surface area (Å²) in [6.07, 6.45) is 1.98. The molecule has 1 saturated heterocycles. The lowest BCUT2D eigenvalue weighted by atomic mass is 9.76. The van der Waals surface area contributed by atoms with E-state index in [1.165, 1.54) is 0 Å². The molecule has 0 bridgehead atoms. The van der Waals surface area contributed by atoms with Crippen molar-refractivity contribution in [3.05, 3.63) is 26.9 Å². The quantitative estimate of drug-likeness (QED) is 0.791. The minimum absolute atomic E-state index is 0.149. The van der Waals surface area contributed by atoms with Crippen molar-refractivity contribution in [2.75, 3.05) is 0 Å². The van der Waals surface area contributed by atoms with E-state index < -0.39 is 0 Å². The maximum atomic E-state index is 12.0. The van der Waals surface area contributed by atoms with E-state index in [1.54, 1.807) is 6.20 Å². The van der Waals surface area contributed by atoms with Gasteiger partial charge in [0, 0.05) is 33.4 Å². The first kappa shape index (κ1) is 14.7. The van der Waals surface area contributed by atoms with Crippen molar-refractivity contribution in [2.45, 2.75) is 26.2 Å². The Morgan fingerprint density at radius 1 is 1.37 bits per heavy atom. The van der Waals surface area contributed by atoms with Gasteiger partial charge in [-0.05, 0) is 43.8 Å². The summed E-state index contributed by atoms with van der Waals surface area (Å²) in [5.41, 5.74) is 0.769. The maximum absolute atomic E-state index is 12.0. The summed E-state index contributed by atoms with van der Waals surface area (Å²) in [6.45, 7) is 3.97. The van der Waals surface area contributed by atoms with Crippen LogP contribution in [0.4, 0.5) is 0 Å². The zero-order valence-electron chi connectivity index (χ0n) is 10.6. The normalized spacial score (nSPS) is 23.6. The molecule has 1 aliphatic heterocycles. The van der Waals surface area contributed by atoms with Crippen molar-refractivity contribution in [2.24, 2.45) is 11.8 Å². The van der Waals surface area contributed by atoms with Crippen LogP contribution < -0.4 is 5.32 Å². The molecule has 2 heterocycles. The fraction of sp³-hybridized carbons (Fsp3) is 0.462. The van der Waals surface area contributed by atoms with Crippen molar-refractivity contribution in [1.29, 1.82) is 0 Å². The van der Waals surface area contributed by atoms with Gasteiger partial charge in [0.2, 0.25) is 11.8 Å². The number of hydrogen-bond donors (Lipinski definition) is 1. The van der Waals surface area contributed by atoms with Gasteiger partial charge in [0.1, 0.15) is 0 Å². The second kappa shape index (κ2) is 5.71. The highest BCUT2D eigenvalue weighted by molar-refractivity contribution is 9.11. The van der Waals surface area contributed by atoms with Crippen LogP contribution in [0.3, 0.4) is 0 Å². The van der Waals surface area contributed by atoms with Crippen LogP contribution in [0.25, 0.3) is 0 Å². The van der Waals surface area contributed by atoms with Crippen LogP contribution in [0, 0.1) is 11.8 Å². The van der Waals surface area contributed by atoms with E-state index in [4.69, 9.17) is 0 Å². The number of imide groups is 1. The Morgan fingerprint density at radius 3 is 2.63 bits per heavy atom. The number of nitrogens with zero attached hydrogens (tertiary/aromatic N) is 1. The molecule has 102 valence electrons. The molecule has 19 heavy (non-hydrogen) atoms. The number of carbonyl (C=O) groups excluding carboxylic acids is 2. The van der Waals surface area contributed by atoms with Gasteiger partial charge >= 0.3 is 0 Å². The van der Waals surface area contributed by atoms with Gasteiger partial charge in [-0.2, -0.15) is 0 Å². The molecule has 1 aromatic heterocycles. The van der Waals surface area contributed by atoms with Crippen LogP contribution in [0.2, 0.25) is 0 Å². The smallest absolute Gasteiger partial charge is 0.230 e. The summed E-state index contributed by atoms with van der Waals surface area (Å²) in [5, 5.41) is 2.41. The molecule has 1 N–H and O–H groups in total. The lowest BCUT2D eigenvalue weighted by molar-refractivity contribution is -0.138. The number of nitrogens with one attached hydrogen (secondary N) is 1. The third-order valence-corrected chi connectivity index (χ3v) is 4.38. The molecule has 1 fully saturated rings. The lowest BCUT2D eigenvalue weighted by Crippen LogP contribution is -2.47. The SMILES string of the molecule is CC(C)C1C(=O)NC(=O)CC1c1ncc(Br)cc1Br. The summed E-state index contributed by atoms with van der Waals surface area (Å²) < 4.78 is 1.68. The molecule has 4 nitrogen and oxygen atoms in total. The number of amides is 2. The van der Waals surface area contributed by atoms with Gasteiger partial charge in [0.15, 0.2) is 0 Å². The highest BCUT2D eigenvalue weighted by Crippen LogP contribution is 2.38. The van der Waals surface area contributed by atoms with E-state index in [0.717, 1.165) is 14.6 Å². The third kappa shape index (κ3) is 3.05. The number of hydrogen-bond acceptors (Lipinski definition) is 3. The second-order valence-corrected chi connectivity index (χ2v) is 6.78. The monoisotopic (exact) mass is 388 g/mol. The van der Waals surface area contributed by atoms with Gasteiger partial charge in [0.05, 0.1) is 5.69 Å². The molecule has 0 aromatic carbocycles. The fourth-order valence-electron chi connectivity index (χ4n) is 2.51. The van der Waals surface area contributed by atoms with Crippen LogP contribution >= 0.6 is 31.9 Å². The number of rotatable bonds is 2. The topological polar surface area (TPSA) is 59.1 Å². The molecule has 1 aromatic rings. The molecule has 0 saturated carbocycles. The zero-order valence-corrected chi connectivity index (χ0v) is 13.8. The fourth-order valence-corrected chi connectivity index (χ4v) is 3.79. The van der Waals surface area contributed by atoms with E-state index in [9.17, 15) is 9.59 Å². The number of aromatic nitrogens is 1. The van der Waals surface area contributed by atoms with E-state index in [1.807, 2.05) is 19.9 Å². The second-order valence-electron chi connectivity index (χ2n) is 5.01. The van der Waals surface area contributed by atoms with Crippen molar-refractivity contribution >= 4 is 43.7 Å². The van der Waals surface area contributed by atoms with Crippen molar-refractivity contribution in [3.8, 4) is 0 Å². The molecule has 0 radical (unpaired) electrons. The minimum Gasteiger partial charge on any atom is -0.296 e. The average molecular weight is 390 g/mol. The first-order chi connectivity index (χ1) is 8.90. The molecule has 2 atom stereocenters. The Morgan fingerprint density at radius 2 is 2.05 bits per heavy atom. The molecule has 2 unspecified atom stereocenters. The Kier molecular flexibility index (Phi) is 4.40. The number of halogens is 2. The van der Waals surface area contributed by atoms with Gasteiger partial charge in [-0.1, -0.05) is 13.8 Å². The highest BCUT2D eigenvalue weighted by Gasteiger charge is 2.40. The standard InChI is InChI=1S/C13H14Br2N2O2/c1-6(2)11-8(4-10(18)17-13(11)19)12-9(15)3-7(14)5-16-12/h3,5-6,8,11H,4H2,1-2H3,(H,17,18,19). The Bertz CT molecular complexity index is 531. The summed E-state index contributed by atoms with van der Waals surface area (Å²) in [4.78, 5) is 28.0. The van der Waals surface area contributed by atoms with Gasteiger partial charge in [-0.15, -0.1) is 0 Å². The molecule has 2 amide bonds. The first-order valence-electron chi connectivity index (χ1n) is 6.04. The molecule has 2 rings (SSSR count). The first-order valence-corrected chi connectivity index (χ1v) is 7.63. The molecule has 1 aliphatic rings. The summed E-state index contributed by atoms with van der Waals surface area (Å²) in [7, 11) is 0. The summed E-state index contributed by atoms with van der Waals surface area (Å²) in [5.74, 6) is -0.696. The van der Waals surface area contributed by atoms with Crippen LogP contribution in [-0.4, -0.2) is 16.8 Å². The number of piperidine rings is 1. The minimum atomic E-state index is -0.234. The highest BCUT2D eigenvalue weighted by atomic mass is 79.9. The van der Waals surface area contributed by atoms with Crippen LogP contribution in [-0.2, 0) is 9.59 Å². The maximum Gasteiger partial charge on any atom is 0.230 e. The van der Waals surface area contributed by atoms with Crippen molar-refractivity contribution in [1.82, 2.24) is 10.3 Å². The molecular weight excluding hydrogens is 376 g/mol. The van der Waals surface area contributed by atoms with Crippen molar-refractivity contribution in [3.63, 3.8) is 0 Å². The summed E-state index contributed by atoms with van der Waals surface area (Å²) in [6, 6.07) is 1.89. The van der Waals surface area contributed by atoms with Gasteiger partial charge in [-0.3, -0.25) is 19.9 Å². The molecular formula is C13H14Br2N2O2. The predicted molar refractivity (Wildman–Crippen MR) is 78.5 cm³/mol. The summed E-state index contributed by atoms with van der Waals surface area (Å²) >= 11 is 6.81. The molecule has 0 aliphatic carbocycles. The Hall–Kier alpha value is -0.750. The van der Waals surface area contributed by atoms with Gasteiger partial charge < -0.3 is 0 Å². The van der Waals surface area contributed by atoms with E-state index in [-0.39, 0.29) is 29.6 Å². The Balaban J connectivity index is 2.43. The number of pyridine rings is 1. The van der Waals surface area contributed by atoms with Gasteiger partial charge in [0.25, 0.3) is 0 Å². The van der Waals surface area contributed by atoms with Crippen molar-refractivity contribution < 1.29 is 9.59 Å². The Labute approximate surface area is 128 Å². The average Bonchev–Trinajstić information content (AvgIpc) is 2.26. The van der Waals surface area contributed by atoms with Crippen LogP contribution in [0.15, 0.2) is 21.2 Å². The lowest BCUT2D eigenvalue weighted by Gasteiger charge is -2.32.